The van der Waals surface area contributed by atoms with Gasteiger partial charge in [0, 0.05) is 6.42 Å². The first-order valence-electron chi connectivity index (χ1n) is 24.8. The monoisotopic (exact) mass is 935 g/mol. The van der Waals surface area contributed by atoms with Gasteiger partial charge in [-0.25, -0.2) is 4.79 Å². The molecule has 0 aromatic heterocycles. The molecule has 4 aromatic carbocycles. The fraction of sp³-hybridized carbons (Fsp3) is 0.450. The van der Waals surface area contributed by atoms with Crippen molar-refractivity contribution in [2.45, 2.75) is 142 Å². The average molecular weight is 935 g/mol. The molecule has 4 aromatic rings. The van der Waals surface area contributed by atoms with Gasteiger partial charge in [0.25, 0.3) is 16.6 Å². The predicted molar refractivity (Wildman–Crippen MR) is 284 cm³/mol. The predicted octanol–water partition coefficient (Wildman–Crippen LogP) is 12.2. The van der Waals surface area contributed by atoms with E-state index in [0.29, 0.717) is 24.9 Å². The zero-order valence-corrected chi connectivity index (χ0v) is 44.3. The Balaban J connectivity index is 1.28. The van der Waals surface area contributed by atoms with E-state index >= 15 is 0 Å². The minimum atomic E-state index is -2.98. The maximum Gasteiger partial charge on any atom is 0.332 e. The first kappa shape index (κ1) is 50.5. The van der Waals surface area contributed by atoms with Crippen molar-refractivity contribution in [1.29, 1.82) is 0 Å². The summed E-state index contributed by atoms with van der Waals surface area (Å²) >= 11 is 0. The normalized spacial score (nSPS) is 24.1. The van der Waals surface area contributed by atoms with Crippen molar-refractivity contribution >= 4 is 43.4 Å². The molecule has 356 valence electrons. The Morgan fingerprint density at radius 2 is 1.16 bits per heavy atom. The van der Waals surface area contributed by atoms with Gasteiger partial charge in [0.15, 0.2) is 0 Å². The molecule has 67 heavy (non-hydrogen) atoms. The second-order valence-electron chi connectivity index (χ2n) is 22.9. The third kappa shape index (κ3) is 10.6. The molecule has 0 unspecified atom stereocenters. The standard InChI is InChI=1S/C60H78O5Si2/c1-44(42-62-43-56(61)63-57(3,4)5)53-37-38-54-46(26-25-39-60(53,54)12)35-36-47-40-48(64-66(58(6,7)8,49-27-17-13-18-28-49)50-29-19-14-20-30-50)41-55(45(47)2)65-67(59(9,10)11,51-31-21-15-22-32-51)52-33-23-16-24-34-52/h13-24,27-36,48,53-55H,1-2,25-26,37-43H2,3-12H3/b46-35+,47-36+/t48-,53-,54+,55+,60-/m1/s1. The molecule has 0 N–H and O–H groups in total. The van der Waals surface area contributed by atoms with Gasteiger partial charge in [-0.05, 0) is 124 Å². The Morgan fingerprint density at radius 3 is 1.63 bits per heavy atom. The lowest BCUT2D eigenvalue weighted by molar-refractivity contribution is -0.159. The smallest absolute Gasteiger partial charge is 0.332 e. The summed E-state index contributed by atoms with van der Waals surface area (Å²) in [4.78, 5) is 12.4. The molecule has 0 spiro atoms. The number of carbonyl (C=O) groups excluding carboxylic acids is 1. The Morgan fingerprint density at radius 1 is 0.687 bits per heavy atom. The van der Waals surface area contributed by atoms with Gasteiger partial charge in [-0.15, -0.1) is 0 Å². The van der Waals surface area contributed by atoms with Crippen LogP contribution in [0.2, 0.25) is 10.1 Å². The highest BCUT2D eigenvalue weighted by Gasteiger charge is 2.55. The Bertz CT molecular complexity index is 2310. The maximum absolute atomic E-state index is 12.4. The molecule has 0 radical (unpaired) electrons. The fourth-order valence-electron chi connectivity index (χ4n) is 12.1. The highest BCUT2D eigenvalue weighted by molar-refractivity contribution is 7.00. The van der Waals surface area contributed by atoms with Crippen molar-refractivity contribution in [3.63, 3.8) is 0 Å². The van der Waals surface area contributed by atoms with Gasteiger partial charge in [-0.3, -0.25) is 0 Å². The van der Waals surface area contributed by atoms with Crippen LogP contribution in [0.15, 0.2) is 169 Å². The van der Waals surface area contributed by atoms with Crippen LogP contribution in [-0.2, 0) is 23.1 Å². The summed E-state index contributed by atoms with van der Waals surface area (Å²) in [5.74, 6) is 0.427. The molecule has 5 atom stereocenters. The summed E-state index contributed by atoms with van der Waals surface area (Å²) in [6, 6.07) is 44.1. The van der Waals surface area contributed by atoms with Crippen molar-refractivity contribution < 1.29 is 23.1 Å². The van der Waals surface area contributed by atoms with E-state index in [1.54, 1.807) is 0 Å². The number of ether oxygens (including phenoxy) is 2. The molecule has 0 bridgehead atoms. The maximum atomic E-state index is 12.4. The second-order valence-corrected chi connectivity index (χ2v) is 31.4. The average Bonchev–Trinajstić information content (AvgIpc) is 3.65. The van der Waals surface area contributed by atoms with E-state index in [4.69, 9.17) is 24.9 Å². The number of fused-ring (bicyclic) bond motifs is 1. The molecule has 3 fully saturated rings. The topological polar surface area (TPSA) is 54.0 Å². The van der Waals surface area contributed by atoms with Crippen molar-refractivity contribution in [3.05, 3.63) is 169 Å². The highest BCUT2D eigenvalue weighted by atomic mass is 28.4. The summed E-state index contributed by atoms with van der Waals surface area (Å²) in [6.45, 7) is 32.1. The molecule has 0 aliphatic heterocycles. The van der Waals surface area contributed by atoms with Crippen LogP contribution in [0.1, 0.15) is 114 Å². The van der Waals surface area contributed by atoms with Gasteiger partial charge in [0.1, 0.15) is 12.2 Å². The zero-order valence-electron chi connectivity index (χ0n) is 42.3. The van der Waals surface area contributed by atoms with Gasteiger partial charge in [-0.1, -0.05) is 201 Å². The fourth-order valence-corrected chi connectivity index (χ4v) is 21.5. The van der Waals surface area contributed by atoms with Crippen LogP contribution in [0.4, 0.5) is 0 Å². The molecular weight excluding hydrogens is 857 g/mol. The number of carbonyl (C=O) groups is 1. The van der Waals surface area contributed by atoms with Crippen LogP contribution in [0, 0.1) is 17.3 Å². The zero-order chi connectivity index (χ0) is 48.3. The Hall–Kier alpha value is -4.38. The quantitative estimate of drug-likeness (QED) is 0.0716. The van der Waals surface area contributed by atoms with E-state index in [0.717, 1.165) is 49.7 Å². The van der Waals surface area contributed by atoms with Crippen LogP contribution in [0.3, 0.4) is 0 Å². The largest absolute Gasteiger partial charge is 0.458 e. The summed E-state index contributed by atoms with van der Waals surface area (Å²) in [6.07, 6.45) is 11.5. The molecule has 0 heterocycles. The first-order valence-corrected chi connectivity index (χ1v) is 28.6. The van der Waals surface area contributed by atoms with Crippen molar-refractivity contribution in [2.24, 2.45) is 17.3 Å². The molecule has 5 nitrogen and oxygen atoms in total. The third-order valence-electron chi connectivity index (χ3n) is 15.1. The van der Waals surface area contributed by atoms with Crippen molar-refractivity contribution in [1.82, 2.24) is 0 Å². The van der Waals surface area contributed by atoms with Gasteiger partial charge >= 0.3 is 5.97 Å². The summed E-state index contributed by atoms with van der Waals surface area (Å²) in [7, 11) is -5.91. The molecule has 3 aliphatic carbocycles. The minimum absolute atomic E-state index is 0.0622. The lowest BCUT2D eigenvalue weighted by atomic mass is 9.62. The van der Waals surface area contributed by atoms with Gasteiger partial charge < -0.3 is 18.3 Å². The number of esters is 1. The number of hydrogen-bond acceptors (Lipinski definition) is 5. The van der Waals surface area contributed by atoms with Crippen LogP contribution < -0.4 is 20.7 Å². The molecule has 7 rings (SSSR count). The number of allylic oxidation sites excluding steroid dienone is 3. The molecule has 3 saturated carbocycles. The number of hydrogen-bond donors (Lipinski definition) is 0. The summed E-state index contributed by atoms with van der Waals surface area (Å²) < 4.78 is 27.5. The van der Waals surface area contributed by atoms with E-state index in [1.807, 2.05) is 20.8 Å². The van der Waals surface area contributed by atoms with Crippen LogP contribution in [-0.4, -0.2) is 53.6 Å². The van der Waals surface area contributed by atoms with Crippen molar-refractivity contribution in [2.75, 3.05) is 13.2 Å². The molecule has 7 heteroatoms. The lowest BCUT2D eigenvalue weighted by Gasteiger charge is -2.49. The van der Waals surface area contributed by atoms with Crippen LogP contribution in [0.5, 0.6) is 0 Å². The molecule has 0 saturated heterocycles. The first-order chi connectivity index (χ1) is 31.7. The van der Waals surface area contributed by atoms with E-state index in [2.05, 4.69) is 189 Å². The molecular formula is C60H78O5Si2. The van der Waals surface area contributed by atoms with E-state index in [-0.39, 0.29) is 40.3 Å². The van der Waals surface area contributed by atoms with E-state index < -0.39 is 22.2 Å². The van der Waals surface area contributed by atoms with E-state index in [9.17, 15) is 4.79 Å². The van der Waals surface area contributed by atoms with Crippen LogP contribution in [0.25, 0.3) is 0 Å². The van der Waals surface area contributed by atoms with Crippen molar-refractivity contribution in [3.8, 4) is 0 Å². The number of benzene rings is 4. The third-order valence-corrected chi connectivity index (χ3v) is 25.2. The highest BCUT2D eigenvalue weighted by Crippen LogP contribution is 2.59. The number of rotatable bonds is 14. The Labute approximate surface area is 406 Å². The minimum Gasteiger partial charge on any atom is -0.458 e. The van der Waals surface area contributed by atoms with E-state index in [1.165, 1.54) is 31.9 Å². The lowest BCUT2D eigenvalue weighted by Crippen LogP contribution is -2.69. The van der Waals surface area contributed by atoms with Gasteiger partial charge in [-0.2, -0.15) is 0 Å². The summed E-state index contributed by atoms with van der Waals surface area (Å²) in [5.41, 5.74) is 4.40. The summed E-state index contributed by atoms with van der Waals surface area (Å²) in [5, 5.41) is 4.70. The Kier molecular flexibility index (Phi) is 15.3. The van der Waals surface area contributed by atoms with Gasteiger partial charge in [0.05, 0.1) is 18.8 Å². The molecule has 3 aliphatic rings. The SMILES string of the molecule is C=C1/C(=C/C=C2\CCC[C@]3(C)[C@@H](C(=C)COCC(=O)OC(C)(C)C)CC[C@@H]23)C[C@@H](O[Si](c2ccccc2)(c2ccccc2)C(C)(C)C)C[C@@H]1O[Si](c1ccccc1)(c1ccccc1)C(C)(C)C. The van der Waals surface area contributed by atoms with Gasteiger partial charge in [0.2, 0.25) is 0 Å². The van der Waals surface area contributed by atoms with Crippen LogP contribution >= 0.6 is 0 Å². The molecule has 0 amide bonds. The second kappa shape index (κ2) is 20.3.